The third kappa shape index (κ3) is 3.25. The van der Waals surface area contributed by atoms with Gasteiger partial charge in [0.1, 0.15) is 12.4 Å². The highest BCUT2D eigenvalue weighted by Crippen LogP contribution is 2.11. The molecule has 0 saturated heterocycles. The Bertz CT molecular complexity index is 639. The average Bonchev–Trinajstić information content (AvgIpc) is 2.97. The van der Waals surface area contributed by atoms with Gasteiger partial charge in [-0.3, -0.25) is 9.78 Å². The van der Waals surface area contributed by atoms with E-state index < -0.39 is 0 Å². The Morgan fingerprint density at radius 3 is 3.05 bits per heavy atom. The second kappa shape index (κ2) is 6.55. The molecule has 0 aliphatic carbocycles. The van der Waals surface area contributed by atoms with E-state index in [-0.39, 0.29) is 12.5 Å². The number of rotatable bonds is 3. The highest BCUT2D eigenvalue weighted by molar-refractivity contribution is 5.96. The SMILES string of the molecule is CN(Cc1ccco1)C(=O)c1ccncc1C#CCO. The first kappa shape index (κ1) is 13.8. The van der Waals surface area contributed by atoms with Crippen molar-refractivity contribution in [3.05, 3.63) is 53.7 Å². The molecule has 5 heteroatoms. The second-order valence-corrected chi connectivity index (χ2v) is 4.12. The van der Waals surface area contributed by atoms with Crippen LogP contribution in [-0.2, 0) is 6.54 Å². The third-order valence-electron chi connectivity index (χ3n) is 2.67. The molecule has 0 atom stereocenters. The van der Waals surface area contributed by atoms with Gasteiger partial charge < -0.3 is 14.4 Å². The third-order valence-corrected chi connectivity index (χ3v) is 2.67. The fourth-order valence-electron chi connectivity index (χ4n) is 1.73. The van der Waals surface area contributed by atoms with Crippen molar-refractivity contribution >= 4 is 5.91 Å². The molecule has 0 aliphatic heterocycles. The molecule has 0 saturated carbocycles. The molecule has 1 N–H and O–H groups in total. The van der Waals surface area contributed by atoms with Crippen molar-refractivity contribution in [1.82, 2.24) is 9.88 Å². The molecule has 0 bridgehead atoms. The zero-order chi connectivity index (χ0) is 14.4. The lowest BCUT2D eigenvalue weighted by atomic mass is 10.1. The number of amides is 1. The zero-order valence-corrected chi connectivity index (χ0v) is 11.0. The Morgan fingerprint density at radius 1 is 1.50 bits per heavy atom. The zero-order valence-electron chi connectivity index (χ0n) is 11.0. The minimum absolute atomic E-state index is 0.175. The van der Waals surface area contributed by atoms with Gasteiger partial charge in [0.2, 0.25) is 0 Å². The molecule has 0 spiro atoms. The molecule has 2 aromatic heterocycles. The first-order chi connectivity index (χ1) is 9.72. The van der Waals surface area contributed by atoms with Gasteiger partial charge in [0.05, 0.1) is 23.9 Å². The molecule has 1 amide bonds. The number of carbonyl (C=O) groups is 1. The van der Waals surface area contributed by atoms with Crippen molar-refractivity contribution in [3.8, 4) is 11.8 Å². The maximum Gasteiger partial charge on any atom is 0.255 e. The van der Waals surface area contributed by atoms with Crippen molar-refractivity contribution in [2.24, 2.45) is 0 Å². The summed E-state index contributed by atoms with van der Waals surface area (Å²) in [6.07, 6.45) is 4.62. The standard InChI is InChI=1S/C15H14N2O3/c1-17(11-13-5-3-9-20-13)15(19)14-6-7-16-10-12(14)4-2-8-18/h3,5-7,9-10,18H,8,11H2,1H3. The number of nitrogens with zero attached hydrogens (tertiary/aromatic N) is 2. The van der Waals surface area contributed by atoms with Gasteiger partial charge in [-0.1, -0.05) is 11.8 Å². The summed E-state index contributed by atoms with van der Waals surface area (Å²) in [6.45, 7) is 0.117. The summed E-state index contributed by atoms with van der Waals surface area (Å²) in [6, 6.07) is 5.20. The Labute approximate surface area is 116 Å². The summed E-state index contributed by atoms with van der Waals surface area (Å²) >= 11 is 0. The number of hydrogen-bond acceptors (Lipinski definition) is 4. The van der Waals surface area contributed by atoms with Crippen LogP contribution in [0.1, 0.15) is 21.7 Å². The van der Waals surface area contributed by atoms with E-state index >= 15 is 0 Å². The van der Waals surface area contributed by atoms with Gasteiger partial charge >= 0.3 is 0 Å². The molecule has 2 heterocycles. The summed E-state index contributed by atoms with van der Waals surface area (Å²) in [7, 11) is 1.69. The molecule has 0 radical (unpaired) electrons. The van der Waals surface area contributed by atoms with E-state index in [1.165, 1.54) is 17.3 Å². The van der Waals surface area contributed by atoms with E-state index in [2.05, 4.69) is 16.8 Å². The van der Waals surface area contributed by atoms with E-state index in [0.29, 0.717) is 23.4 Å². The first-order valence-corrected chi connectivity index (χ1v) is 6.04. The van der Waals surface area contributed by atoms with E-state index in [1.807, 2.05) is 6.07 Å². The molecular formula is C15H14N2O3. The van der Waals surface area contributed by atoms with Crippen molar-refractivity contribution in [1.29, 1.82) is 0 Å². The number of aliphatic hydroxyl groups is 1. The molecule has 0 aliphatic rings. The lowest BCUT2D eigenvalue weighted by Gasteiger charge is -2.16. The summed E-state index contributed by atoms with van der Waals surface area (Å²) in [5.41, 5.74) is 0.952. The van der Waals surface area contributed by atoms with Crippen molar-refractivity contribution in [2.75, 3.05) is 13.7 Å². The first-order valence-electron chi connectivity index (χ1n) is 6.04. The van der Waals surface area contributed by atoms with Crippen molar-refractivity contribution < 1.29 is 14.3 Å². The molecule has 2 rings (SSSR count). The topological polar surface area (TPSA) is 66.6 Å². The van der Waals surface area contributed by atoms with Gasteiger partial charge in [0, 0.05) is 19.4 Å². The molecule has 2 aromatic rings. The van der Waals surface area contributed by atoms with E-state index in [1.54, 1.807) is 25.4 Å². The number of furan rings is 1. The van der Waals surface area contributed by atoms with Crippen LogP contribution in [0.25, 0.3) is 0 Å². The smallest absolute Gasteiger partial charge is 0.255 e. The molecule has 102 valence electrons. The number of pyridine rings is 1. The van der Waals surface area contributed by atoms with Gasteiger partial charge in [-0.15, -0.1) is 0 Å². The minimum Gasteiger partial charge on any atom is -0.467 e. The number of aromatic nitrogens is 1. The van der Waals surface area contributed by atoms with Crippen LogP contribution in [0, 0.1) is 11.8 Å². The Morgan fingerprint density at radius 2 is 2.35 bits per heavy atom. The van der Waals surface area contributed by atoms with Gasteiger partial charge in [-0.25, -0.2) is 0 Å². The molecule has 20 heavy (non-hydrogen) atoms. The Hall–Kier alpha value is -2.58. The van der Waals surface area contributed by atoms with E-state index in [0.717, 1.165) is 0 Å². The quantitative estimate of drug-likeness (QED) is 0.853. The van der Waals surface area contributed by atoms with Gasteiger partial charge in [-0.2, -0.15) is 0 Å². The number of carbonyl (C=O) groups excluding carboxylic acids is 1. The highest BCUT2D eigenvalue weighted by atomic mass is 16.3. The van der Waals surface area contributed by atoms with Gasteiger partial charge in [0.15, 0.2) is 0 Å². The summed E-state index contributed by atoms with van der Waals surface area (Å²) < 4.78 is 5.22. The predicted octanol–water partition coefficient (Wildman–Crippen LogP) is 1.29. The Kier molecular flexibility index (Phi) is 4.53. The Balaban J connectivity index is 2.20. The van der Waals surface area contributed by atoms with E-state index in [4.69, 9.17) is 9.52 Å². The van der Waals surface area contributed by atoms with Crippen LogP contribution in [0.5, 0.6) is 0 Å². The second-order valence-electron chi connectivity index (χ2n) is 4.12. The molecular weight excluding hydrogens is 256 g/mol. The fraction of sp³-hybridized carbons (Fsp3) is 0.200. The summed E-state index contributed by atoms with van der Waals surface area (Å²) in [4.78, 5) is 17.9. The van der Waals surface area contributed by atoms with Crippen molar-refractivity contribution in [3.63, 3.8) is 0 Å². The largest absolute Gasteiger partial charge is 0.467 e. The van der Waals surface area contributed by atoms with Crippen LogP contribution < -0.4 is 0 Å². The lowest BCUT2D eigenvalue weighted by molar-refractivity contribution is 0.0775. The van der Waals surface area contributed by atoms with Crippen molar-refractivity contribution in [2.45, 2.75) is 6.54 Å². The number of aliphatic hydroxyl groups excluding tert-OH is 1. The highest BCUT2D eigenvalue weighted by Gasteiger charge is 2.16. The maximum absolute atomic E-state index is 12.4. The summed E-state index contributed by atoms with van der Waals surface area (Å²) in [5.74, 6) is 5.78. The summed E-state index contributed by atoms with van der Waals surface area (Å²) in [5, 5.41) is 8.74. The van der Waals surface area contributed by atoms with Crippen LogP contribution in [0.2, 0.25) is 0 Å². The minimum atomic E-state index is -0.259. The molecule has 5 nitrogen and oxygen atoms in total. The molecule has 0 unspecified atom stereocenters. The number of hydrogen-bond donors (Lipinski definition) is 1. The fourth-order valence-corrected chi connectivity index (χ4v) is 1.73. The average molecular weight is 270 g/mol. The van der Waals surface area contributed by atoms with Crippen LogP contribution >= 0.6 is 0 Å². The maximum atomic E-state index is 12.4. The monoisotopic (exact) mass is 270 g/mol. The van der Waals surface area contributed by atoms with Gasteiger partial charge in [0.25, 0.3) is 5.91 Å². The molecule has 0 fully saturated rings. The predicted molar refractivity (Wildman–Crippen MR) is 72.7 cm³/mol. The van der Waals surface area contributed by atoms with Crippen LogP contribution in [-0.4, -0.2) is 34.6 Å². The van der Waals surface area contributed by atoms with Crippen LogP contribution in [0.4, 0.5) is 0 Å². The normalized spacial score (nSPS) is 9.70. The lowest BCUT2D eigenvalue weighted by Crippen LogP contribution is -2.26. The van der Waals surface area contributed by atoms with Crippen LogP contribution in [0.3, 0.4) is 0 Å². The van der Waals surface area contributed by atoms with E-state index in [9.17, 15) is 4.79 Å². The van der Waals surface area contributed by atoms with Crippen LogP contribution in [0.15, 0.2) is 41.3 Å². The molecule has 0 aromatic carbocycles. The van der Waals surface area contributed by atoms with Gasteiger partial charge in [-0.05, 0) is 18.2 Å².